The van der Waals surface area contributed by atoms with Gasteiger partial charge < -0.3 is 15.0 Å². The second-order valence-corrected chi connectivity index (χ2v) is 5.97. The average molecular weight is 345 g/mol. The van der Waals surface area contributed by atoms with Crippen LogP contribution in [0.25, 0.3) is 0 Å². The maximum Gasteiger partial charge on any atom is 0.253 e. The molecule has 0 saturated carbocycles. The van der Waals surface area contributed by atoms with Gasteiger partial charge in [-0.05, 0) is 24.3 Å². The van der Waals surface area contributed by atoms with Gasteiger partial charge in [-0.3, -0.25) is 9.59 Å². The van der Waals surface area contributed by atoms with Crippen molar-refractivity contribution in [1.82, 2.24) is 5.32 Å². The molecule has 0 radical (unpaired) electrons. The molecule has 1 heterocycles. The fourth-order valence-electron chi connectivity index (χ4n) is 2.74. The Labute approximate surface area is 145 Å². The number of nitrogens with zero attached hydrogens (tertiary/aromatic N) is 1. The lowest BCUT2D eigenvalue weighted by Crippen LogP contribution is -2.37. The van der Waals surface area contributed by atoms with Crippen LogP contribution in [0.15, 0.2) is 48.5 Å². The molecule has 0 spiro atoms. The molecule has 2 aromatic rings. The van der Waals surface area contributed by atoms with E-state index in [0.717, 1.165) is 5.69 Å². The van der Waals surface area contributed by atoms with Gasteiger partial charge in [-0.1, -0.05) is 29.8 Å². The quantitative estimate of drug-likeness (QED) is 0.927. The van der Waals surface area contributed by atoms with Crippen molar-refractivity contribution in [3.05, 3.63) is 59.1 Å². The van der Waals surface area contributed by atoms with Gasteiger partial charge in [0.25, 0.3) is 5.91 Å². The van der Waals surface area contributed by atoms with E-state index in [1.54, 1.807) is 42.3 Å². The maximum atomic E-state index is 12.3. The van der Waals surface area contributed by atoms with Crippen LogP contribution in [0.3, 0.4) is 0 Å². The van der Waals surface area contributed by atoms with Gasteiger partial charge in [0.1, 0.15) is 5.75 Å². The van der Waals surface area contributed by atoms with Crippen LogP contribution < -0.4 is 15.0 Å². The molecule has 5 nitrogen and oxygen atoms in total. The topological polar surface area (TPSA) is 58.6 Å². The molecule has 1 aliphatic heterocycles. The maximum absolute atomic E-state index is 12.3. The highest BCUT2D eigenvalue weighted by Gasteiger charge is 2.32. The molecular weight excluding hydrogens is 328 g/mol. The number of ether oxygens (including phenoxy) is 1. The van der Waals surface area contributed by atoms with Crippen molar-refractivity contribution in [2.45, 2.75) is 12.5 Å². The number of amides is 2. The first-order valence-electron chi connectivity index (χ1n) is 7.58. The Morgan fingerprint density at radius 2 is 2.04 bits per heavy atom. The SMILES string of the molecule is COc1cccc(N2C[C@H](NC(=O)c3ccccc3Cl)CC2=O)c1. The molecule has 3 rings (SSSR count). The molecule has 1 aliphatic rings. The third kappa shape index (κ3) is 3.36. The Balaban J connectivity index is 1.71. The molecule has 1 saturated heterocycles. The fourth-order valence-corrected chi connectivity index (χ4v) is 2.96. The van der Waals surface area contributed by atoms with E-state index in [-0.39, 0.29) is 24.3 Å². The van der Waals surface area contributed by atoms with Crippen molar-refractivity contribution in [1.29, 1.82) is 0 Å². The zero-order chi connectivity index (χ0) is 17.1. The van der Waals surface area contributed by atoms with Gasteiger partial charge in [-0.2, -0.15) is 0 Å². The molecule has 2 aromatic carbocycles. The smallest absolute Gasteiger partial charge is 0.253 e. The van der Waals surface area contributed by atoms with Crippen LogP contribution in [0.1, 0.15) is 16.8 Å². The van der Waals surface area contributed by atoms with Crippen molar-refractivity contribution >= 4 is 29.1 Å². The lowest BCUT2D eigenvalue weighted by molar-refractivity contribution is -0.117. The van der Waals surface area contributed by atoms with E-state index in [4.69, 9.17) is 16.3 Å². The third-order valence-electron chi connectivity index (χ3n) is 3.94. The number of rotatable bonds is 4. The summed E-state index contributed by atoms with van der Waals surface area (Å²) in [5.41, 5.74) is 1.17. The fraction of sp³-hybridized carbons (Fsp3) is 0.222. The predicted octanol–water partition coefficient (Wildman–Crippen LogP) is 2.88. The normalized spacial score (nSPS) is 17.0. The summed E-state index contributed by atoms with van der Waals surface area (Å²) in [6.45, 7) is 0.419. The Kier molecular flexibility index (Phi) is 4.71. The summed E-state index contributed by atoms with van der Waals surface area (Å²) in [5, 5.41) is 3.27. The van der Waals surface area contributed by atoms with Gasteiger partial charge >= 0.3 is 0 Å². The first kappa shape index (κ1) is 16.3. The van der Waals surface area contributed by atoms with E-state index in [9.17, 15) is 9.59 Å². The minimum absolute atomic E-state index is 0.0345. The summed E-state index contributed by atoms with van der Waals surface area (Å²) in [4.78, 5) is 26.3. The van der Waals surface area contributed by atoms with Gasteiger partial charge in [-0.25, -0.2) is 0 Å². The summed E-state index contributed by atoms with van der Waals surface area (Å²) in [5.74, 6) is 0.377. The minimum atomic E-state index is -0.272. The standard InChI is InChI=1S/C18H17ClN2O3/c1-24-14-6-4-5-13(10-14)21-11-12(9-17(21)22)20-18(23)15-7-2-3-8-16(15)19/h2-8,10,12H,9,11H2,1H3,(H,20,23)/t12-/m1/s1. The number of nitrogens with one attached hydrogen (secondary N) is 1. The molecule has 6 heteroatoms. The third-order valence-corrected chi connectivity index (χ3v) is 4.27. The average Bonchev–Trinajstić information content (AvgIpc) is 2.95. The first-order chi connectivity index (χ1) is 11.6. The van der Waals surface area contributed by atoms with Gasteiger partial charge in [-0.15, -0.1) is 0 Å². The Morgan fingerprint density at radius 1 is 1.25 bits per heavy atom. The van der Waals surface area contributed by atoms with E-state index < -0.39 is 0 Å². The lowest BCUT2D eigenvalue weighted by atomic mass is 10.2. The van der Waals surface area contributed by atoms with Crippen molar-refractivity contribution in [3.8, 4) is 5.75 Å². The molecule has 0 aromatic heterocycles. The summed E-state index contributed by atoms with van der Waals surface area (Å²) < 4.78 is 5.19. The monoisotopic (exact) mass is 344 g/mol. The van der Waals surface area contributed by atoms with E-state index in [2.05, 4.69) is 5.32 Å². The number of carbonyl (C=O) groups excluding carboxylic acids is 2. The van der Waals surface area contributed by atoms with Gasteiger partial charge in [0.15, 0.2) is 0 Å². The van der Waals surface area contributed by atoms with Crippen LogP contribution in [0.5, 0.6) is 5.75 Å². The van der Waals surface area contributed by atoms with E-state index in [0.29, 0.717) is 22.9 Å². The number of carbonyl (C=O) groups is 2. The van der Waals surface area contributed by atoms with Crippen LogP contribution in [-0.4, -0.2) is 31.5 Å². The predicted molar refractivity (Wildman–Crippen MR) is 92.7 cm³/mol. The van der Waals surface area contributed by atoms with E-state index in [1.165, 1.54) is 0 Å². The van der Waals surface area contributed by atoms with Crippen molar-refractivity contribution in [3.63, 3.8) is 0 Å². The minimum Gasteiger partial charge on any atom is -0.497 e. The van der Waals surface area contributed by atoms with E-state index in [1.807, 2.05) is 18.2 Å². The van der Waals surface area contributed by atoms with Gasteiger partial charge in [0.05, 0.1) is 23.7 Å². The van der Waals surface area contributed by atoms with E-state index >= 15 is 0 Å². The summed E-state index contributed by atoms with van der Waals surface area (Å²) in [6.07, 6.45) is 0.257. The molecule has 124 valence electrons. The van der Waals surface area contributed by atoms with Crippen molar-refractivity contribution in [2.24, 2.45) is 0 Å². The number of halogens is 1. The van der Waals surface area contributed by atoms with Crippen LogP contribution in [-0.2, 0) is 4.79 Å². The molecule has 1 atom stereocenters. The Hall–Kier alpha value is -2.53. The number of benzene rings is 2. The van der Waals surface area contributed by atoms with Crippen LogP contribution >= 0.6 is 11.6 Å². The van der Waals surface area contributed by atoms with Gasteiger partial charge in [0, 0.05) is 24.7 Å². The van der Waals surface area contributed by atoms with Crippen LogP contribution in [0, 0.1) is 0 Å². The van der Waals surface area contributed by atoms with Crippen LogP contribution in [0.2, 0.25) is 5.02 Å². The number of hydrogen-bond acceptors (Lipinski definition) is 3. The van der Waals surface area contributed by atoms with Crippen molar-refractivity contribution in [2.75, 3.05) is 18.6 Å². The zero-order valence-electron chi connectivity index (χ0n) is 13.2. The van der Waals surface area contributed by atoms with Crippen molar-refractivity contribution < 1.29 is 14.3 Å². The number of hydrogen-bond donors (Lipinski definition) is 1. The summed E-state index contributed by atoms with van der Waals surface area (Å²) in [7, 11) is 1.58. The highest BCUT2D eigenvalue weighted by atomic mass is 35.5. The number of anilines is 1. The summed E-state index contributed by atoms with van der Waals surface area (Å²) in [6, 6.07) is 13.9. The molecule has 0 unspecified atom stereocenters. The largest absolute Gasteiger partial charge is 0.497 e. The van der Waals surface area contributed by atoms with Gasteiger partial charge in [0.2, 0.25) is 5.91 Å². The Morgan fingerprint density at radius 3 is 2.79 bits per heavy atom. The molecular formula is C18H17ClN2O3. The summed E-state index contributed by atoms with van der Waals surface area (Å²) >= 11 is 6.04. The zero-order valence-corrected chi connectivity index (χ0v) is 13.9. The Bertz CT molecular complexity index is 778. The highest BCUT2D eigenvalue weighted by Crippen LogP contribution is 2.25. The molecule has 1 fully saturated rings. The molecule has 24 heavy (non-hydrogen) atoms. The molecule has 0 bridgehead atoms. The lowest BCUT2D eigenvalue weighted by Gasteiger charge is -2.18. The molecule has 2 amide bonds. The first-order valence-corrected chi connectivity index (χ1v) is 7.96. The van der Waals surface area contributed by atoms with Crippen LogP contribution in [0.4, 0.5) is 5.69 Å². The second-order valence-electron chi connectivity index (χ2n) is 5.56. The molecule has 0 aliphatic carbocycles. The second kappa shape index (κ2) is 6.93. The number of methoxy groups -OCH3 is 1. The highest BCUT2D eigenvalue weighted by molar-refractivity contribution is 6.33. The molecule has 1 N–H and O–H groups in total.